The second kappa shape index (κ2) is 10.8. The zero-order chi connectivity index (χ0) is 22.2. The van der Waals surface area contributed by atoms with Gasteiger partial charge in [-0.3, -0.25) is 20.4 Å². The summed E-state index contributed by atoms with van der Waals surface area (Å²) >= 11 is 3.47. The molecule has 3 aromatic carbocycles. The van der Waals surface area contributed by atoms with Crippen LogP contribution in [0.15, 0.2) is 65.1 Å². The van der Waals surface area contributed by atoms with Crippen LogP contribution in [-0.2, 0) is 9.59 Å². The molecule has 0 spiro atoms. The van der Waals surface area contributed by atoms with Crippen molar-refractivity contribution in [1.82, 2.24) is 10.9 Å². The number of carbonyl (C=O) groups excluding carboxylic acids is 2. The van der Waals surface area contributed by atoms with Gasteiger partial charge in [-0.1, -0.05) is 56.3 Å². The van der Waals surface area contributed by atoms with Crippen LogP contribution in [0.5, 0.6) is 11.5 Å². The Bertz CT molecular complexity index is 1070. The van der Waals surface area contributed by atoms with E-state index in [1.165, 1.54) is 5.56 Å². The first-order valence-corrected chi connectivity index (χ1v) is 10.9. The molecule has 31 heavy (non-hydrogen) atoms. The number of halogens is 1. The molecule has 0 saturated carbocycles. The lowest BCUT2D eigenvalue weighted by molar-refractivity contribution is -0.130. The van der Waals surface area contributed by atoms with Gasteiger partial charge in [-0.25, -0.2) is 0 Å². The first-order valence-electron chi connectivity index (χ1n) is 10.1. The standard InChI is InChI=1S/C24H25BrN2O4/c1-3-16(2)18-11-12-22(20(25)13-18)31-15-24(29)27-26-23(28)14-30-21-10-6-8-17-7-4-5-9-19(17)21/h4-13,16H,3,14-15H2,1-2H3,(H,26,28)(H,27,29). The number of rotatable bonds is 8. The highest BCUT2D eigenvalue weighted by Gasteiger charge is 2.11. The molecule has 3 aromatic rings. The van der Waals surface area contributed by atoms with Crippen molar-refractivity contribution in [2.45, 2.75) is 26.2 Å². The minimum atomic E-state index is -0.476. The van der Waals surface area contributed by atoms with Gasteiger partial charge in [0, 0.05) is 5.39 Å². The maximum Gasteiger partial charge on any atom is 0.276 e. The highest BCUT2D eigenvalue weighted by molar-refractivity contribution is 9.10. The van der Waals surface area contributed by atoms with Gasteiger partial charge in [0.15, 0.2) is 13.2 Å². The summed E-state index contributed by atoms with van der Waals surface area (Å²) in [6.45, 7) is 3.83. The van der Waals surface area contributed by atoms with E-state index >= 15 is 0 Å². The zero-order valence-corrected chi connectivity index (χ0v) is 19.1. The normalized spacial score (nSPS) is 11.6. The highest BCUT2D eigenvalue weighted by atomic mass is 79.9. The van der Waals surface area contributed by atoms with Gasteiger partial charge in [-0.05, 0) is 57.4 Å². The smallest absolute Gasteiger partial charge is 0.276 e. The van der Waals surface area contributed by atoms with Crippen LogP contribution < -0.4 is 20.3 Å². The van der Waals surface area contributed by atoms with E-state index in [1.54, 1.807) is 6.07 Å². The van der Waals surface area contributed by atoms with Crippen LogP contribution in [0.4, 0.5) is 0 Å². The van der Waals surface area contributed by atoms with E-state index in [0.717, 1.165) is 21.7 Å². The van der Waals surface area contributed by atoms with Gasteiger partial charge in [0.1, 0.15) is 11.5 Å². The minimum Gasteiger partial charge on any atom is -0.483 e. The van der Waals surface area contributed by atoms with E-state index < -0.39 is 11.8 Å². The molecule has 0 aliphatic carbocycles. The van der Waals surface area contributed by atoms with E-state index in [9.17, 15) is 9.59 Å². The molecule has 0 fully saturated rings. The Balaban J connectivity index is 1.44. The molecule has 0 aromatic heterocycles. The molecule has 0 aliphatic rings. The molecule has 1 unspecified atom stereocenters. The molecule has 0 heterocycles. The number of fused-ring (bicyclic) bond motifs is 1. The fourth-order valence-electron chi connectivity index (χ4n) is 3.00. The summed E-state index contributed by atoms with van der Waals surface area (Å²) in [5.74, 6) is 0.665. The Morgan fingerprint density at radius 3 is 2.23 bits per heavy atom. The minimum absolute atomic E-state index is 0.224. The van der Waals surface area contributed by atoms with Crippen molar-refractivity contribution in [1.29, 1.82) is 0 Å². The van der Waals surface area contributed by atoms with Crippen molar-refractivity contribution >= 4 is 38.5 Å². The third-order valence-electron chi connectivity index (χ3n) is 4.95. The Kier molecular flexibility index (Phi) is 7.89. The van der Waals surface area contributed by atoms with E-state index in [-0.39, 0.29) is 13.2 Å². The molecular formula is C24H25BrN2O4. The summed E-state index contributed by atoms with van der Waals surface area (Å²) in [7, 11) is 0. The van der Waals surface area contributed by atoms with Crippen LogP contribution in [0.2, 0.25) is 0 Å². The van der Waals surface area contributed by atoms with Gasteiger partial charge < -0.3 is 9.47 Å². The molecule has 0 saturated heterocycles. The first-order chi connectivity index (χ1) is 15.0. The second-order valence-corrected chi connectivity index (χ2v) is 8.00. The van der Waals surface area contributed by atoms with Gasteiger partial charge in [-0.2, -0.15) is 0 Å². The van der Waals surface area contributed by atoms with Crippen LogP contribution in [0.1, 0.15) is 31.7 Å². The highest BCUT2D eigenvalue weighted by Crippen LogP contribution is 2.30. The van der Waals surface area contributed by atoms with Crippen molar-refractivity contribution in [3.63, 3.8) is 0 Å². The van der Waals surface area contributed by atoms with Gasteiger partial charge in [0.2, 0.25) is 0 Å². The Hall–Kier alpha value is -3.06. The fraction of sp³-hybridized carbons (Fsp3) is 0.250. The maximum absolute atomic E-state index is 12.0. The summed E-state index contributed by atoms with van der Waals surface area (Å²) in [5.41, 5.74) is 5.85. The third-order valence-corrected chi connectivity index (χ3v) is 5.57. The summed E-state index contributed by atoms with van der Waals surface area (Å²) < 4.78 is 11.9. The van der Waals surface area contributed by atoms with E-state index in [1.807, 2.05) is 54.6 Å². The van der Waals surface area contributed by atoms with Crippen LogP contribution in [-0.4, -0.2) is 25.0 Å². The Labute approximate surface area is 190 Å². The summed E-state index contributed by atoms with van der Waals surface area (Å²) in [6, 6.07) is 19.2. The summed E-state index contributed by atoms with van der Waals surface area (Å²) in [6.07, 6.45) is 1.04. The Morgan fingerprint density at radius 2 is 1.55 bits per heavy atom. The van der Waals surface area contributed by atoms with E-state index in [2.05, 4.69) is 40.6 Å². The molecule has 0 bridgehead atoms. The van der Waals surface area contributed by atoms with Gasteiger partial charge in [0.05, 0.1) is 4.47 Å². The lowest BCUT2D eigenvalue weighted by Crippen LogP contribution is -2.45. The van der Waals surface area contributed by atoms with Crippen molar-refractivity contribution in [3.8, 4) is 11.5 Å². The summed E-state index contributed by atoms with van der Waals surface area (Å²) in [5, 5.41) is 1.94. The number of nitrogens with one attached hydrogen (secondary N) is 2. The average Bonchev–Trinajstić information content (AvgIpc) is 2.79. The van der Waals surface area contributed by atoms with Gasteiger partial charge in [-0.15, -0.1) is 0 Å². The molecule has 1 atom stereocenters. The third kappa shape index (κ3) is 6.21. The monoisotopic (exact) mass is 484 g/mol. The zero-order valence-electron chi connectivity index (χ0n) is 17.5. The van der Waals surface area contributed by atoms with Crippen LogP contribution in [0, 0.1) is 0 Å². The molecule has 7 heteroatoms. The van der Waals surface area contributed by atoms with Gasteiger partial charge in [0.25, 0.3) is 11.8 Å². The van der Waals surface area contributed by atoms with Crippen molar-refractivity contribution in [2.24, 2.45) is 0 Å². The van der Waals surface area contributed by atoms with Crippen molar-refractivity contribution in [3.05, 3.63) is 70.7 Å². The van der Waals surface area contributed by atoms with Crippen LogP contribution >= 0.6 is 15.9 Å². The number of carbonyl (C=O) groups is 2. The number of amides is 2. The topological polar surface area (TPSA) is 76.7 Å². The summed E-state index contributed by atoms with van der Waals surface area (Å²) in [4.78, 5) is 24.0. The lowest BCUT2D eigenvalue weighted by atomic mass is 9.99. The molecule has 2 amide bonds. The predicted molar refractivity (Wildman–Crippen MR) is 124 cm³/mol. The lowest BCUT2D eigenvalue weighted by Gasteiger charge is -2.13. The number of hydrogen-bond donors (Lipinski definition) is 2. The van der Waals surface area contributed by atoms with E-state index in [0.29, 0.717) is 17.4 Å². The molecule has 3 rings (SSSR count). The second-order valence-electron chi connectivity index (χ2n) is 7.15. The maximum atomic E-state index is 12.0. The number of hydrazine groups is 1. The first kappa shape index (κ1) is 22.6. The van der Waals surface area contributed by atoms with E-state index in [4.69, 9.17) is 9.47 Å². The Morgan fingerprint density at radius 1 is 0.903 bits per heavy atom. The van der Waals surface area contributed by atoms with Crippen LogP contribution in [0.3, 0.4) is 0 Å². The number of benzene rings is 3. The SMILES string of the molecule is CCC(C)c1ccc(OCC(=O)NNC(=O)COc2cccc3ccccc23)c(Br)c1. The molecule has 162 valence electrons. The molecule has 0 aliphatic heterocycles. The van der Waals surface area contributed by atoms with Crippen molar-refractivity contribution < 1.29 is 19.1 Å². The quantitative estimate of drug-likeness (QED) is 0.453. The van der Waals surface area contributed by atoms with Gasteiger partial charge >= 0.3 is 0 Å². The molecule has 2 N–H and O–H groups in total. The molecule has 0 radical (unpaired) electrons. The average molecular weight is 485 g/mol. The number of hydrogen-bond acceptors (Lipinski definition) is 4. The van der Waals surface area contributed by atoms with Crippen LogP contribution in [0.25, 0.3) is 10.8 Å². The largest absolute Gasteiger partial charge is 0.483 e. The fourth-order valence-corrected chi connectivity index (χ4v) is 3.51. The molecular weight excluding hydrogens is 460 g/mol. The number of ether oxygens (including phenoxy) is 2. The molecule has 6 nitrogen and oxygen atoms in total. The van der Waals surface area contributed by atoms with Crippen molar-refractivity contribution in [2.75, 3.05) is 13.2 Å². The predicted octanol–water partition coefficient (Wildman–Crippen LogP) is 4.72.